The highest BCUT2D eigenvalue weighted by Crippen LogP contribution is 2.14. The zero-order valence-electron chi connectivity index (χ0n) is 14.7. The maximum absolute atomic E-state index is 13.7. The SMILES string of the molecule is Cc1ccc(CNC(=O)c2cc(C(=O)Nc3ccccc3F)ccn2)cc1. The first-order valence-electron chi connectivity index (χ1n) is 8.38. The van der Waals surface area contributed by atoms with Crippen molar-refractivity contribution in [2.75, 3.05) is 5.32 Å². The molecule has 136 valence electrons. The van der Waals surface area contributed by atoms with Crippen molar-refractivity contribution in [1.82, 2.24) is 10.3 Å². The lowest BCUT2D eigenvalue weighted by atomic mass is 10.1. The third-order valence-corrected chi connectivity index (χ3v) is 3.95. The van der Waals surface area contributed by atoms with E-state index in [-0.39, 0.29) is 16.9 Å². The Morgan fingerprint density at radius 3 is 2.48 bits per heavy atom. The minimum Gasteiger partial charge on any atom is -0.347 e. The first kappa shape index (κ1) is 18.3. The van der Waals surface area contributed by atoms with Crippen molar-refractivity contribution in [1.29, 1.82) is 0 Å². The van der Waals surface area contributed by atoms with E-state index in [1.54, 1.807) is 6.07 Å². The van der Waals surface area contributed by atoms with Crippen molar-refractivity contribution < 1.29 is 14.0 Å². The van der Waals surface area contributed by atoms with Crippen LogP contribution >= 0.6 is 0 Å². The number of para-hydroxylation sites is 1. The van der Waals surface area contributed by atoms with Crippen molar-refractivity contribution in [3.05, 3.63) is 95.1 Å². The average molecular weight is 363 g/mol. The number of halogens is 1. The van der Waals surface area contributed by atoms with E-state index in [1.807, 2.05) is 31.2 Å². The van der Waals surface area contributed by atoms with Crippen LogP contribution in [0.4, 0.5) is 10.1 Å². The molecule has 0 aliphatic carbocycles. The topological polar surface area (TPSA) is 71.1 Å². The van der Waals surface area contributed by atoms with Crippen molar-refractivity contribution in [2.45, 2.75) is 13.5 Å². The van der Waals surface area contributed by atoms with Gasteiger partial charge in [0.2, 0.25) is 0 Å². The maximum Gasteiger partial charge on any atom is 0.270 e. The summed E-state index contributed by atoms with van der Waals surface area (Å²) in [6.07, 6.45) is 1.37. The molecule has 0 unspecified atom stereocenters. The molecular formula is C21H18FN3O2. The second-order valence-electron chi connectivity index (χ2n) is 6.03. The molecule has 0 bridgehead atoms. The molecule has 0 aliphatic rings. The summed E-state index contributed by atoms with van der Waals surface area (Å²) in [5.74, 6) is -1.44. The zero-order chi connectivity index (χ0) is 19.2. The van der Waals surface area contributed by atoms with Crippen LogP contribution in [0.1, 0.15) is 32.0 Å². The van der Waals surface area contributed by atoms with Crippen molar-refractivity contribution in [3.8, 4) is 0 Å². The van der Waals surface area contributed by atoms with Gasteiger partial charge in [0.25, 0.3) is 11.8 Å². The summed E-state index contributed by atoms with van der Waals surface area (Å²) in [5, 5.41) is 5.25. The monoisotopic (exact) mass is 363 g/mol. The Kier molecular flexibility index (Phi) is 5.56. The molecule has 2 aromatic carbocycles. The first-order chi connectivity index (χ1) is 13.0. The normalized spacial score (nSPS) is 10.3. The minimum atomic E-state index is -0.532. The predicted octanol–water partition coefficient (Wildman–Crippen LogP) is 3.71. The highest BCUT2D eigenvalue weighted by atomic mass is 19.1. The van der Waals surface area contributed by atoms with E-state index < -0.39 is 17.6 Å². The number of carbonyl (C=O) groups is 2. The van der Waals surface area contributed by atoms with Gasteiger partial charge in [-0.1, -0.05) is 42.0 Å². The molecule has 27 heavy (non-hydrogen) atoms. The van der Waals surface area contributed by atoms with Gasteiger partial charge in [-0.05, 0) is 36.8 Å². The molecule has 0 saturated heterocycles. The van der Waals surface area contributed by atoms with Crippen LogP contribution in [0, 0.1) is 12.7 Å². The van der Waals surface area contributed by atoms with E-state index >= 15 is 0 Å². The molecule has 1 aromatic heterocycles. The van der Waals surface area contributed by atoms with E-state index in [2.05, 4.69) is 15.6 Å². The third-order valence-electron chi connectivity index (χ3n) is 3.95. The van der Waals surface area contributed by atoms with Gasteiger partial charge in [-0.3, -0.25) is 14.6 Å². The van der Waals surface area contributed by atoms with Crippen LogP contribution in [0.3, 0.4) is 0 Å². The molecule has 5 nitrogen and oxygen atoms in total. The number of rotatable bonds is 5. The van der Waals surface area contributed by atoms with Crippen molar-refractivity contribution >= 4 is 17.5 Å². The van der Waals surface area contributed by atoms with Gasteiger partial charge in [0, 0.05) is 18.3 Å². The lowest BCUT2D eigenvalue weighted by Gasteiger charge is -2.08. The molecule has 0 saturated carbocycles. The van der Waals surface area contributed by atoms with Gasteiger partial charge in [0.15, 0.2) is 0 Å². The molecular weight excluding hydrogens is 345 g/mol. The van der Waals surface area contributed by atoms with Gasteiger partial charge >= 0.3 is 0 Å². The Bertz CT molecular complexity index is 971. The fourth-order valence-electron chi connectivity index (χ4n) is 2.43. The van der Waals surface area contributed by atoms with Gasteiger partial charge in [-0.2, -0.15) is 0 Å². The number of aryl methyl sites for hydroxylation is 1. The van der Waals surface area contributed by atoms with E-state index in [0.29, 0.717) is 6.54 Å². The number of hydrogen-bond acceptors (Lipinski definition) is 3. The van der Waals surface area contributed by atoms with Gasteiger partial charge < -0.3 is 10.6 Å². The molecule has 0 aliphatic heterocycles. The third kappa shape index (κ3) is 4.76. The molecule has 2 N–H and O–H groups in total. The Hall–Kier alpha value is -3.54. The zero-order valence-corrected chi connectivity index (χ0v) is 14.7. The van der Waals surface area contributed by atoms with E-state index in [1.165, 1.54) is 36.5 Å². The summed E-state index contributed by atoms with van der Waals surface area (Å²) in [7, 11) is 0. The first-order valence-corrected chi connectivity index (χ1v) is 8.38. The lowest BCUT2D eigenvalue weighted by molar-refractivity contribution is 0.0946. The minimum absolute atomic E-state index is 0.0738. The lowest BCUT2D eigenvalue weighted by Crippen LogP contribution is -2.24. The van der Waals surface area contributed by atoms with Gasteiger partial charge in [0.1, 0.15) is 11.5 Å². The summed E-state index contributed by atoms with van der Waals surface area (Å²) < 4.78 is 13.7. The number of benzene rings is 2. The number of carbonyl (C=O) groups excluding carboxylic acids is 2. The van der Waals surface area contributed by atoms with Crippen LogP contribution in [-0.2, 0) is 6.54 Å². The molecule has 2 amide bonds. The summed E-state index contributed by atoms with van der Waals surface area (Å²) in [4.78, 5) is 28.6. The van der Waals surface area contributed by atoms with Gasteiger partial charge in [-0.25, -0.2) is 4.39 Å². The smallest absolute Gasteiger partial charge is 0.270 e. The van der Waals surface area contributed by atoms with E-state index in [0.717, 1.165) is 11.1 Å². The molecule has 0 atom stereocenters. The van der Waals surface area contributed by atoms with Gasteiger partial charge in [0.05, 0.1) is 5.69 Å². The van der Waals surface area contributed by atoms with Crippen molar-refractivity contribution in [3.63, 3.8) is 0 Å². The fourth-order valence-corrected chi connectivity index (χ4v) is 2.43. The molecule has 3 aromatic rings. The van der Waals surface area contributed by atoms with E-state index in [9.17, 15) is 14.0 Å². The number of anilines is 1. The summed E-state index contributed by atoms with van der Waals surface area (Å²) in [6.45, 7) is 2.34. The van der Waals surface area contributed by atoms with Crippen LogP contribution in [0.15, 0.2) is 66.9 Å². The Labute approximate surface area is 156 Å². The molecule has 3 rings (SSSR count). The maximum atomic E-state index is 13.7. The summed E-state index contributed by atoms with van der Waals surface area (Å²) >= 11 is 0. The second kappa shape index (κ2) is 8.23. The number of aromatic nitrogens is 1. The Morgan fingerprint density at radius 2 is 1.74 bits per heavy atom. The van der Waals surface area contributed by atoms with E-state index in [4.69, 9.17) is 0 Å². The van der Waals surface area contributed by atoms with Crippen LogP contribution in [0.2, 0.25) is 0 Å². The number of nitrogens with zero attached hydrogens (tertiary/aromatic N) is 1. The standard InChI is InChI=1S/C21H18FN3O2/c1-14-6-8-15(9-7-14)13-24-21(27)19-12-16(10-11-23-19)20(26)25-18-5-3-2-4-17(18)22/h2-12H,13H2,1H3,(H,24,27)(H,25,26). The number of amides is 2. The quantitative estimate of drug-likeness (QED) is 0.726. The molecule has 0 radical (unpaired) electrons. The number of nitrogens with one attached hydrogen (secondary N) is 2. The molecule has 1 heterocycles. The number of hydrogen-bond donors (Lipinski definition) is 2. The van der Waals surface area contributed by atoms with Crippen LogP contribution in [0.25, 0.3) is 0 Å². The summed E-state index contributed by atoms with van der Waals surface area (Å²) in [5.41, 5.74) is 2.50. The molecule has 0 fully saturated rings. The highest BCUT2D eigenvalue weighted by molar-refractivity contribution is 6.05. The number of pyridine rings is 1. The second-order valence-corrected chi connectivity index (χ2v) is 6.03. The van der Waals surface area contributed by atoms with Gasteiger partial charge in [-0.15, -0.1) is 0 Å². The largest absolute Gasteiger partial charge is 0.347 e. The molecule has 0 spiro atoms. The highest BCUT2D eigenvalue weighted by Gasteiger charge is 2.13. The van der Waals surface area contributed by atoms with Crippen LogP contribution in [0.5, 0.6) is 0 Å². The van der Waals surface area contributed by atoms with Crippen molar-refractivity contribution in [2.24, 2.45) is 0 Å². The van der Waals surface area contributed by atoms with Crippen LogP contribution in [-0.4, -0.2) is 16.8 Å². The molecule has 6 heteroatoms. The predicted molar refractivity (Wildman–Crippen MR) is 101 cm³/mol. The Morgan fingerprint density at radius 1 is 1.00 bits per heavy atom. The van der Waals surface area contributed by atoms with Crippen LogP contribution < -0.4 is 10.6 Å². The summed E-state index contributed by atoms with van der Waals surface area (Å²) in [6, 6.07) is 16.5. The Balaban J connectivity index is 1.67. The fraction of sp³-hybridized carbons (Fsp3) is 0.0952. The average Bonchev–Trinajstić information content (AvgIpc) is 2.69.